The molecule has 24 heavy (non-hydrogen) atoms. The zero-order chi connectivity index (χ0) is 16.5. The Kier molecular flexibility index (Phi) is 4.10. The van der Waals surface area contributed by atoms with Gasteiger partial charge in [0.1, 0.15) is 18.5 Å². The van der Waals surface area contributed by atoms with Gasteiger partial charge in [0.25, 0.3) is 0 Å². The zero-order valence-corrected chi connectivity index (χ0v) is 14.2. The molecule has 0 spiro atoms. The number of fused-ring (bicyclic) bond motifs is 1. The highest BCUT2D eigenvalue weighted by Gasteiger charge is 2.29. The van der Waals surface area contributed by atoms with Gasteiger partial charge >= 0.3 is 5.97 Å². The largest absolute Gasteiger partial charge is 0.486 e. The second-order valence-electron chi connectivity index (χ2n) is 5.59. The van der Waals surface area contributed by atoms with E-state index in [1.165, 1.54) is 11.8 Å². The first-order valence-electron chi connectivity index (χ1n) is 8.05. The van der Waals surface area contributed by atoms with Crippen LogP contribution in [0.25, 0.3) is 11.3 Å². The number of esters is 1. The Morgan fingerprint density at radius 1 is 1.21 bits per heavy atom. The summed E-state index contributed by atoms with van der Waals surface area (Å²) in [6, 6.07) is 5.92. The van der Waals surface area contributed by atoms with Crippen molar-refractivity contribution in [3.05, 3.63) is 24.4 Å². The van der Waals surface area contributed by atoms with E-state index in [1.807, 2.05) is 24.4 Å². The Labute approximate surface area is 144 Å². The number of hydrogen-bond acceptors (Lipinski definition) is 6. The molecule has 0 radical (unpaired) electrons. The molecule has 4 rings (SSSR count). The number of rotatable bonds is 4. The van der Waals surface area contributed by atoms with Crippen molar-refractivity contribution in [2.45, 2.75) is 30.3 Å². The summed E-state index contributed by atoms with van der Waals surface area (Å²) in [7, 11) is 0. The van der Waals surface area contributed by atoms with E-state index in [1.54, 1.807) is 0 Å². The third kappa shape index (κ3) is 2.73. The molecule has 6 nitrogen and oxygen atoms in total. The van der Waals surface area contributed by atoms with Crippen molar-refractivity contribution in [3.8, 4) is 22.8 Å². The highest BCUT2D eigenvalue weighted by Crippen LogP contribution is 2.36. The third-order valence-corrected chi connectivity index (χ3v) is 5.36. The van der Waals surface area contributed by atoms with Gasteiger partial charge in [0.05, 0.1) is 18.5 Å². The molecule has 1 aromatic carbocycles. The molecule has 126 valence electrons. The number of imidazole rings is 1. The Morgan fingerprint density at radius 2 is 2.04 bits per heavy atom. The van der Waals surface area contributed by atoms with Gasteiger partial charge in [0, 0.05) is 18.5 Å². The van der Waals surface area contributed by atoms with E-state index < -0.39 is 0 Å². The summed E-state index contributed by atoms with van der Waals surface area (Å²) in [6.45, 7) is 4.48. The van der Waals surface area contributed by atoms with Gasteiger partial charge in [-0.2, -0.15) is 0 Å². The summed E-state index contributed by atoms with van der Waals surface area (Å²) < 4.78 is 18.4. The number of thioether (sulfide) groups is 1. The first-order valence-corrected chi connectivity index (χ1v) is 8.93. The van der Waals surface area contributed by atoms with Gasteiger partial charge in [0.15, 0.2) is 16.7 Å². The van der Waals surface area contributed by atoms with Crippen molar-refractivity contribution in [3.63, 3.8) is 0 Å². The van der Waals surface area contributed by atoms with Crippen LogP contribution in [0.4, 0.5) is 0 Å². The molecule has 7 heteroatoms. The van der Waals surface area contributed by atoms with Crippen molar-refractivity contribution < 1.29 is 19.0 Å². The molecule has 2 aromatic rings. The fourth-order valence-electron chi connectivity index (χ4n) is 2.90. The SMILES string of the molecule is CCn1c(-c2ccc3c(c2)OCCO3)cnc1SC1CCOC1=O. The van der Waals surface area contributed by atoms with Crippen molar-refractivity contribution in [1.29, 1.82) is 0 Å². The summed E-state index contributed by atoms with van der Waals surface area (Å²) >= 11 is 1.48. The lowest BCUT2D eigenvalue weighted by atomic mass is 10.1. The highest BCUT2D eigenvalue weighted by molar-refractivity contribution is 8.00. The fourth-order valence-corrected chi connectivity index (χ4v) is 4.00. The number of nitrogens with zero attached hydrogens (tertiary/aromatic N) is 2. The maximum Gasteiger partial charge on any atom is 0.319 e. The monoisotopic (exact) mass is 346 g/mol. The van der Waals surface area contributed by atoms with Crippen LogP contribution in [-0.2, 0) is 16.1 Å². The molecule has 0 aliphatic carbocycles. The number of benzene rings is 1. The van der Waals surface area contributed by atoms with Crippen LogP contribution in [0, 0.1) is 0 Å². The van der Waals surface area contributed by atoms with Gasteiger partial charge in [-0.3, -0.25) is 4.79 Å². The number of cyclic esters (lactones) is 1. The summed E-state index contributed by atoms with van der Waals surface area (Å²) in [6.07, 6.45) is 2.58. The lowest BCUT2D eigenvalue weighted by Gasteiger charge is -2.19. The zero-order valence-electron chi connectivity index (χ0n) is 13.4. The van der Waals surface area contributed by atoms with Crippen molar-refractivity contribution in [2.75, 3.05) is 19.8 Å². The normalized spacial score (nSPS) is 19.4. The fraction of sp³-hybridized carbons (Fsp3) is 0.412. The van der Waals surface area contributed by atoms with Crippen LogP contribution in [0.15, 0.2) is 29.6 Å². The molecule has 1 fully saturated rings. The van der Waals surface area contributed by atoms with Crippen LogP contribution in [0.3, 0.4) is 0 Å². The number of aromatic nitrogens is 2. The van der Waals surface area contributed by atoms with Gasteiger partial charge in [-0.05, 0) is 25.1 Å². The van der Waals surface area contributed by atoms with Crippen LogP contribution in [0.5, 0.6) is 11.5 Å². The van der Waals surface area contributed by atoms with E-state index in [4.69, 9.17) is 14.2 Å². The minimum Gasteiger partial charge on any atom is -0.486 e. The van der Waals surface area contributed by atoms with Crippen molar-refractivity contribution >= 4 is 17.7 Å². The van der Waals surface area contributed by atoms with Gasteiger partial charge in [-0.25, -0.2) is 4.98 Å². The van der Waals surface area contributed by atoms with Gasteiger partial charge in [-0.15, -0.1) is 0 Å². The second-order valence-corrected chi connectivity index (χ2v) is 6.76. The van der Waals surface area contributed by atoms with Crippen molar-refractivity contribution in [2.24, 2.45) is 0 Å². The number of carbonyl (C=O) groups is 1. The quantitative estimate of drug-likeness (QED) is 0.793. The summed E-state index contributed by atoms with van der Waals surface area (Å²) in [4.78, 5) is 16.2. The van der Waals surface area contributed by atoms with Crippen LogP contribution < -0.4 is 9.47 Å². The topological polar surface area (TPSA) is 62.6 Å². The molecule has 2 aliphatic heterocycles. The second kappa shape index (κ2) is 6.39. The molecule has 0 amide bonds. The number of carbonyl (C=O) groups excluding carboxylic acids is 1. The smallest absolute Gasteiger partial charge is 0.319 e. The first-order chi connectivity index (χ1) is 11.8. The number of ether oxygens (including phenoxy) is 3. The highest BCUT2D eigenvalue weighted by atomic mass is 32.2. The average molecular weight is 346 g/mol. The van der Waals surface area contributed by atoms with E-state index in [0.717, 1.165) is 40.9 Å². The summed E-state index contributed by atoms with van der Waals surface area (Å²) in [5, 5.41) is 0.678. The van der Waals surface area contributed by atoms with Crippen LogP contribution >= 0.6 is 11.8 Å². The molecule has 0 bridgehead atoms. The Morgan fingerprint density at radius 3 is 2.79 bits per heavy atom. The van der Waals surface area contributed by atoms with E-state index >= 15 is 0 Å². The molecular formula is C17H18N2O4S. The van der Waals surface area contributed by atoms with E-state index in [-0.39, 0.29) is 11.2 Å². The predicted octanol–water partition coefficient (Wildman–Crippen LogP) is 2.75. The molecule has 2 aliphatic rings. The Balaban J connectivity index is 1.65. The Bertz CT molecular complexity index is 774. The average Bonchev–Trinajstić information content (AvgIpc) is 3.21. The molecule has 1 atom stereocenters. The van der Waals surface area contributed by atoms with Gasteiger partial charge in [0.2, 0.25) is 0 Å². The van der Waals surface area contributed by atoms with Crippen LogP contribution in [0.1, 0.15) is 13.3 Å². The Hall–Kier alpha value is -2.15. The predicted molar refractivity (Wildman–Crippen MR) is 89.5 cm³/mol. The minimum atomic E-state index is -0.161. The van der Waals surface area contributed by atoms with E-state index in [0.29, 0.717) is 19.8 Å². The molecule has 0 N–H and O–H groups in total. The third-order valence-electron chi connectivity index (χ3n) is 4.11. The standard InChI is InChI=1S/C17H18N2O4S/c1-2-19-12(10-18-17(19)24-15-5-6-23-16(15)20)11-3-4-13-14(9-11)22-8-7-21-13/h3-4,9-10,15H,2,5-8H2,1H3. The molecule has 0 saturated carbocycles. The molecule has 1 aromatic heterocycles. The van der Waals surface area contributed by atoms with E-state index in [9.17, 15) is 4.79 Å². The summed E-state index contributed by atoms with van der Waals surface area (Å²) in [5.74, 6) is 1.39. The number of hydrogen-bond donors (Lipinski definition) is 0. The first kappa shape index (κ1) is 15.4. The maximum absolute atomic E-state index is 11.7. The van der Waals surface area contributed by atoms with Gasteiger partial charge < -0.3 is 18.8 Å². The minimum absolute atomic E-state index is 0.147. The van der Waals surface area contributed by atoms with Crippen molar-refractivity contribution in [1.82, 2.24) is 9.55 Å². The maximum atomic E-state index is 11.7. The van der Waals surface area contributed by atoms with Crippen LogP contribution in [0.2, 0.25) is 0 Å². The van der Waals surface area contributed by atoms with Crippen LogP contribution in [-0.4, -0.2) is 40.6 Å². The lowest BCUT2D eigenvalue weighted by Crippen LogP contribution is -2.15. The molecule has 1 saturated heterocycles. The van der Waals surface area contributed by atoms with Gasteiger partial charge in [-0.1, -0.05) is 11.8 Å². The molecule has 1 unspecified atom stereocenters. The molecule has 3 heterocycles. The van der Waals surface area contributed by atoms with E-state index in [2.05, 4.69) is 16.5 Å². The summed E-state index contributed by atoms with van der Waals surface area (Å²) in [5.41, 5.74) is 2.03. The molecular weight excluding hydrogens is 328 g/mol. The lowest BCUT2D eigenvalue weighted by molar-refractivity contribution is -0.137.